The van der Waals surface area contributed by atoms with Gasteiger partial charge in [0.2, 0.25) is 0 Å². The third-order valence-electron chi connectivity index (χ3n) is 4.59. The monoisotopic (exact) mass is 262 g/mol. The Morgan fingerprint density at radius 2 is 2.26 bits per heavy atom. The summed E-state index contributed by atoms with van der Waals surface area (Å²) in [5.74, 6) is 1.09. The van der Waals surface area contributed by atoms with Gasteiger partial charge in [-0.3, -0.25) is 4.90 Å². The largest absolute Gasteiger partial charge is 0.508 e. The minimum absolute atomic E-state index is 0.128. The van der Waals surface area contributed by atoms with E-state index in [0.29, 0.717) is 12.3 Å². The Labute approximate surface area is 116 Å². The van der Waals surface area contributed by atoms with Crippen LogP contribution in [0.4, 0.5) is 0 Å². The Morgan fingerprint density at radius 1 is 1.47 bits per heavy atom. The second kappa shape index (κ2) is 5.93. The number of hydrogen-bond donors (Lipinski definition) is 2. The van der Waals surface area contributed by atoms with Crippen molar-refractivity contribution < 1.29 is 5.11 Å². The van der Waals surface area contributed by atoms with Crippen LogP contribution < -0.4 is 5.73 Å². The van der Waals surface area contributed by atoms with Gasteiger partial charge in [0.05, 0.1) is 0 Å². The van der Waals surface area contributed by atoms with Crippen molar-refractivity contribution in [3.63, 3.8) is 0 Å². The predicted octanol–water partition coefficient (Wildman–Crippen LogP) is 2.73. The molecule has 106 valence electrons. The van der Waals surface area contributed by atoms with Gasteiger partial charge in [-0.05, 0) is 43.5 Å². The normalized spacial score (nSPS) is 27.7. The van der Waals surface area contributed by atoms with E-state index in [2.05, 4.69) is 24.9 Å². The third-order valence-corrected chi connectivity index (χ3v) is 4.59. The van der Waals surface area contributed by atoms with Crippen LogP contribution in [-0.2, 0) is 6.54 Å². The molecule has 0 aliphatic heterocycles. The van der Waals surface area contributed by atoms with Gasteiger partial charge in [-0.15, -0.1) is 0 Å². The van der Waals surface area contributed by atoms with Crippen LogP contribution in [-0.4, -0.2) is 29.1 Å². The second-order valence-electron chi connectivity index (χ2n) is 6.16. The number of nitrogens with zero attached hydrogens (tertiary/aromatic N) is 1. The van der Waals surface area contributed by atoms with E-state index in [1.807, 2.05) is 12.1 Å². The maximum Gasteiger partial charge on any atom is 0.115 e. The highest BCUT2D eigenvalue weighted by atomic mass is 16.3. The Morgan fingerprint density at radius 3 is 2.89 bits per heavy atom. The average Bonchev–Trinajstić information content (AvgIpc) is 2.38. The highest BCUT2D eigenvalue weighted by Crippen LogP contribution is 2.36. The van der Waals surface area contributed by atoms with E-state index in [1.54, 1.807) is 6.07 Å². The smallest absolute Gasteiger partial charge is 0.115 e. The van der Waals surface area contributed by atoms with Crippen molar-refractivity contribution in [3.8, 4) is 5.75 Å². The first-order chi connectivity index (χ1) is 9.05. The molecular weight excluding hydrogens is 236 g/mol. The lowest BCUT2D eigenvalue weighted by atomic mass is 9.75. The summed E-state index contributed by atoms with van der Waals surface area (Å²) < 4.78 is 0. The highest BCUT2D eigenvalue weighted by molar-refractivity contribution is 5.27. The number of nitrogens with two attached hydrogens (primary N) is 1. The zero-order valence-corrected chi connectivity index (χ0v) is 12.1. The summed E-state index contributed by atoms with van der Waals surface area (Å²) in [7, 11) is 2.16. The molecule has 3 heteroatoms. The van der Waals surface area contributed by atoms with Crippen molar-refractivity contribution in [3.05, 3.63) is 29.8 Å². The molecule has 2 rings (SSSR count). The Balaban J connectivity index is 2.10. The molecule has 0 radical (unpaired) electrons. The SMILES string of the molecule is CC1CCCC(CN)(N(C)Cc2cccc(O)c2)C1. The second-order valence-corrected chi connectivity index (χ2v) is 6.16. The van der Waals surface area contributed by atoms with E-state index in [1.165, 1.54) is 25.7 Å². The zero-order valence-electron chi connectivity index (χ0n) is 12.1. The number of likely N-dealkylation sites (N-methyl/N-ethyl adjacent to an activating group) is 1. The summed E-state index contributed by atoms with van der Waals surface area (Å²) in [6, 6.07) is 7.52. The number of benzene rings is 1. The Kier molecular flexibility index (Phi) is 4.48. The van der Waals surface area contributed by atoms with Crippen LogP contribution in [0.2, 0.25) is 0 Å². The van der Waals surface area contributed by atoms with Crippen LogP contribution in [0, 0.1) is 5.92 Å². The van der Waals surface area contributed by atoms with E-state index in [-0.39, 0.29) is 5.54 Å². The number of hydrogen-bond acceptors (Lipinski definition) is 3. The van der Waals surface area contributed by atoms with Gasteiger partial charge < -0.3 is 10.8 Å². The molecule has 1 aliphatic carbocycles. The summed E-state index contributed by atoms with van der Waals surface area (Å²) in [6.45, 7) is 3.89. The lowest BCUT2D eigenvalue weighted by Gasteiger charge is -2.46. The third kappa shape index (κ3) is 3.28. The molecule has 0 saturated heterocycles. The molecule has 0 amide bonds. The molecule has 0 aromatic heterocycles. The molecule has 2 unspecified atom stereocenters. The molecule has 0 heterocycles. The molecular formula is C16H26N2O. The van der Waals surface area contributed by atoms with E-state index in [9.17, 15) is 5.11 Å². The van der Waals surface area contributed by atoms with E-state index >= 15 is 0 Å². The van der Waals surface area contributed by atoms with Gasteiger partial charge in [0.15, 0.2) is 0 Å². The van der Waals surface area contributed by atoms with Gasteiger partial charge in [0.1, 0.15) is 5.75 Å². The highest BCUT2D eigenvalue weighted by Gasteiger charge is 2.37. The first-order valence-corrected chi connectivity index (χ1v) is 7.25. The van der Waals surface area contributed by atoms with Gasteiger partial charge >= 0.3 is 0 Å². The first kappa shape index (κ1) is 14.4. The number of phenols is 1. The molecule has 1 aromatic carbocycles. The fourth-order valence-electron chi connectivity index (χ4n) is 3.42. The summed E-state index contributed by atoms with van der Waals surface area (Å²) in [6.07, 6.45) is 4.95. The van der Waals surface area contributed by atoms with E-state index in [4.69, 9.17) is 5.73 Å². The molecule has 3 N–H and O–H groups in total. The molecule has 3 nitrogen and oxygen atoms in total. The molecule has 0 spiro atoms. The maximum atomic E-state index is 9.56. The van der Waals surface area contributed by atoms with Crippen molar-refractivity contribution in [2.75, 3.05) is 13.6 Å². The molecule has 0 bridgehead atoms. The molecule has 1 fully saturated rings. The number of rotatable bonds is 4. The molecule has 1 aromatic rings. The van der Waals surface area contributed by atoms with Gasteiger partial charge in [0.25, 0.3) is 0 Å². The van der Waals surface area contributed by atoms with Gasteiger partial charge in [-0.2, -0.15) is 0 Å². The van der Waals surface area contributed by atoms with Crippen molar-refractivity contribution >= 4 is 0 Å². The predicted molar refractivity (Wildman–Crippen MR) is 79.0 cm³/mol. The van der Waals surface area contributed by atoms with Crippen molar-refractivity contribution in [2.45, 2.75) is 44.7 Å². The van der Waals surface area contributed by atoms with Crippen LogP contribution >= 0.6 is 0 Å². The number of phenolic OH excluding ortho intramolecular Hbond substituents is 1. The van der Waals surface area contributed by atoms with Crippen LogP contribution in [0.3, 0.4) is 0 Å². The van der Waals surface area contributed by atoms with Crippen LogP contribution in [0.5, 0.6) is 5.75 Å². The zero-order chi connectivity index (χ0) is 13.9. The van der Waals surface area contributed by atoms with Crippen molar-refractivity contribution in [1.82, 2.24) is 4.90 Å². The van der Waals surface area contributed by atoms with Gasteiger partial charge in [-0.25, -0.2) is 0 Å². The van der Waals surface area contributed by atoms with E-state index < -0.39 is 0 Å². The van der Waals surface area contributed by atoms with Gasteiger partial charge in [0, 0.05) is 18.6 Å². The van der Waals surface area contributed by atoms with Crippen LogP contribution in [0.1, 0.15) is 38.2 Å². The Bertz CT molecular complexity index is 421. The summed E-state index contributed by atoms with van der Waals surface area (Å²) in [5.41, 5.74) is 7.37. The van der Waals surface area contributed by atoms with Crippen molar-refractivity contribution in [1.29, 1.82) is 0 Å². The maximum absolute atomic E-state index is 9.56. The molecule has 1 aliphatic rings. The van der Waals surface area contributed by atoms with Crippen molar-refractivity contribution in [2.24, 2.45) is 11.7 Å². The summed E-state index contributed by atoms with van der Waals surface area (Å²) >= 11 is 0. The van der Waals surface area contributed by atoms with Gasteiger partial charge in [-0.1, -0.05) is 31.9 Å². The lowest BCUT2D eigenvalue weighted by molar-refractivity contribution is 0.0554. The quantitative estimate of drug-likeness (QED) is 0.877. The molecule has 19 heavy (non-hydrogen) atoms. The fourth-order valence-corrected chi connectivity index (χ4v) is 3.42. The van der Waals surface area contributed by atoms with Crippen LogP contribution in [0.25, 0.3) is 0 Å². The van der Waals surface area contributed by atoms with Crippen LogP contribution in [0.15, 0.2) is 24.3 Å². The lowest BCUT2D eigenvalue weighted by Crippen LogP contribution is -2.54. The first-order valence-electron chi connectivity index (χ1n) is 7.25. The summed E-state index contributed by atoms with van der Waals surface area (Å²) in [5, 5.41) is 9.56. The summed E-state index contributed by atoms with van der Waals surface area (Å²) in [4.78, 5) is 2.39. The minimum Gasteiger partial charge on any atom is -0.508 e. The number of aromatic hydroxyl groups is 1. The molecule has 2 atom stereocenters. The average molecular weight is 262 g/mol. The minimum atomic E-state index is 0.128. The standard InChI is InChI=1S/C16H26N2O/c1-13-5-4-8-16(10-13,12-17)18(2)11-14-6-3-7-15(19)9-14/h3,6-7,9,13,19H,4-5,8,10-12,17H2,1-2H3. The Hall–Kier alpha value is -1.06. The topological polar surface area (TPSA) is 49.5 Å². The fraction of sp³-hybridized carbons (Fsp3) is 0.625. The molecule has 1 saturated carbocycles. The van der Waals surface area contributed by atoms with E-state index in [0.717, 1.165) is 18.0 Å².